The van der Waals surface area contributed by atoms with E-state index in [1.165, 1.54) is 0 Å². The third-order valence-electron chi connectivity index (χ3n) is 3.40. The van der Waals surface area contributed by atoms with Gasteiger partial charge in [0.1, 0.15) is 13.2 Å². The van der Waals surface area contributed by atoms with E-state index in [1.807, 2.05) is 5.38 Å². The minimum absolute atomic E-state index is 0.0991. The fourth-order valence-electron chi connectivity index (χ4n) is 2.48. The van der Waals surface area contributed by atoms with Crippen molar-refractivity contribution in [2.24, 2.45) is 11.0 Å². The molecular weight excluding hydrogens is 280 g/mol. The molecule has 106 valence electrons. The first-order chi connectivity index (χ1) is 9.78. The smallest absolute Gasteiger partial charge is 0.223 e. The quantitative estimate of drug-likeness (QED) is 0.484. The molecule has 8 heteroatoms. The molecule has 1 aromatic rings. The molecule has 7 nitrogen and oxygen atoms in total. The van der Waals surface area contributed by atoms with E-state index in [1.54, 1.807) is 16.2 Å². The molecule has 0 radical (unpaired) electrons. The van der Waals surface area contributed by atoms with Gasteiger partial charge in [0.15, 0.2) is 11.5 Å². The van der Waals surface area contributed by atoms with Gasteiger partial charge in [-0.05, 0) is 11.4 Å². The fourth-order valence-corrected chi connectivity index (χ4v) is 3.40. The Bertz CT molecular complexity index is 567. The van der Waals surface area contributed by atoms with Crippen LogP contribution in [0.15, 0.2) is 10.5 Å². The second kappa shape index (κ2) is 5.60. The number of hydrogen-bond acceptors (Lipinski definition) is 5. The molecule has 2 aliphatic rings. The molecule has 0 aliphatic carbocycles. The van der Waals surface area contributed by atoms with E-state index >= 15 is 0 Å². The van der Waals surface area contributed by atoms with E-state index in [-0.39, 0.29) is 11.8 Å². The van der Waals surface area contributed by atoms with Crippen LogP contribution < -0.4 is 9.47 Å². The summed E-state index contributed by atoms with van der Waals surface area (Å²) in [4.78, 5) is 17.5. The summed E-state index contributed by atoms with van der Waals surface area (Å²) in [6, 6.07) is 0. The highest BCUT2D eigenvalue weighted by atomic mass is 32.1. The third-order valence-corrected chi connectivity index (χ3v) is 4.34. The van der Waals surface area contributed by atoms with E-state index in [4.69, 9.17) is 15.0 Å². The highest BCUT2D eigenvalue weighted by molar-refractivity contribution is 7.10. The average Bonchev–Trinajstić information content (AvgIpc) is 3.02. The second-order valence-electron chi connectivity index (χ2n) is 4.81. The second-order valence-corrected chi connectivity index (χ2v) is 5.77. The van der Waals surface area contributed by atoms with Crippen molar-refractivity contribution in [2.75, 3.05) is 26.3 Å². The van der Waals surface area contributed by atoms with Crippen LogP contribution in [0.2, 0.25) is 0 Å². The van der Waals surface area contributed by atoms with Crippen molar-refractivity contribution in [3.63, 3.8) is 0 Å². The summed E-state index contributed by atoms with van der Waals surface area (Å²) < 4.78 is 11.1. The zero-order valence-corrected chi connectivity index (χ0v) is 11.6. The van der Waals surface area contributed by atoms with Crippen LogP contribution in [-0.4, -0.2) is 37.1 Å². The van der Waals surface area contributed by atoms with Crippen molar-refractivity contribution < 1.29 is 14.3 Å². The van der Waals surface area contributed by atoms with Gasteiger partial charge in [-0.2, -0.15) is 0 Å². The molecule has 0 spiro atoms. The Morgan fingerprint density at radius 2 is 2.35 bits per heavy atom. The average molecular weight is 294 g/mol. The minimum atomic E-state index is 0.0991. The van der Waals surface area contributed by atoms with Gasteiger partial charge < -0.3 is 14.4 Å². The monoisotopic (exact) mass is 294 g/mol. The van der Waals surface area contributed by atoms with Crippen LogP contribution in [0.5, 0.6) is 11.5 Å². The largest absolute Gasteiger partial charge is 0.485 e. The Kier molecular flexibility index (Phi) is 3.66. The third kappa shape index (κ3) is 2.52. The predicted molar refractivity (Wildman–Crippen MR) is 72.8 cm³/mol. The molecule has 3 rings (SSSR count). The predicted octanol–water partition coefficient (Wildman–Crippen LogP) is 2.18. The number of carbonyl (C=O) groups excluding carboxylic acids is 1. The van der Waals surface area contributed by atoms with Gasteiger partial charge in [-0.15, -0.1) is 11.3 Å². The van der Waals surface area contributed by atoms with Crippen molar-refractivity contribution in [1.29, 1.82) is 0 Å². The van der Waals surface area contributed by atoms with Gasteiger partial charge in [0.2, 0.25) is 5.91 Å². The summed E-state index contributed by atoms with van der Waals surface area (Å²) in [5.41, 5.74) is 8.33. The lowest BCUT2D eigenvalue weighted by Crippen LogP contribution is -2.25. The van der Waals surface area contributed by atoms with Gasteiger partial charge >= 0.3 is 0 Å². The molecular formula is C12H14N4O3S. The lowest BCUT2D eigenvalue weighted by molar-refractivity contribution is -0.128. The number of nitrogens with zero attached hydrogens (tertiary/aromatic N) is 4. The van der Waals surface area contributed by atoms with Crippen molar-refractivity contribution >= 4 is 17.2 Å². The van der Waals surface area contributed by atoms with Crippen molar-refractivity contribution in [3.8, 4) is 11.5 Å². The van der Waals surface area contributed by atoms with Gasteiger partial charge in [-0.1, -0.05) is 5.11 Å². The molecule has 0 saturated carbocycles. The Morgan fingerprint density at radius 1 is 1.50 bits per heavy atom. The number of carbonyl (C=O) groups is 1. The van der Waals surface area contributed by atoms with E-state index in [0.717, 1.165) is 16.4 Å². The number of thiophene rings is 1. The van der Waals surface area contributed by atoms with E-state index < -0.39 is 0 Å². The number of ether oxygens (including phenoxy) is 2. The Morgan fingerprint density at radius 3 is 3.20 bits per heavy atom. The SMILES string of the molecule is [N-]=[N+]=NCC1CC(=O)N(Cc2scc3c2OCCO3)C1. The van der Waals surface area contributed by atoms with Gasteiger partial charge in [0, 0.05) is 29.8 Å². The molecule has 1 amide bonds. The van der Waals surface area contributed by atoms with Crippen LogP contribution in [0.3, 0.4) is 0 Å². The van der Waals surface area contributed by atoms with Crippen molar-refractivity contribution in [2.45, 2.75) is 13.0 Å². The number of azide groups is 1. The maximum Gasteiger partial charge on any atom is 0.223 e. The number of rotatable bonds is 4. The van der Waals surface area contributed by atoms with Crippen LogP contribution >= 0.6 is 11.3 Å². The van der Waals surface area contributed by atoms with E-state index in [2.05, 4.69) is 10.0 Å². The van der Waals surface area contributed by atoms with E-state index in [0.29, 0.717) is 39.3 Å². The molecule has 3 heterocycles. The Hall–Kier alpha value is -1.92. The van der Waals surface area contributed by atoms with Gasteiger partial charge in [0.25, 0.3) is 0 Å². The highest BCUT2D eigenvalue weighted by Gasteiger charge is 2.30. The number of likely N-dealkylation sites (tertiary alicyclic amines) is 1. The van der Waals surface area contributed by atoms with Crippen LogP contribution in [0, 0.1) is 5.92 Å². The maximum atomic E-state index is 12.0. The molecule has 1 unspecified atom stereocenters. The summed E-state index contributed by atoms with van der Waals surface area (Å²) in [5, 5.41) is 5.47. The van der Waals surface area contributed by atoms with Gasteiger partial charge in [-0.25, -0.2) is 0 Å². The molecule has 1 atom stereocenters. The fraction of sp³-hybridized carbons (Fsp3) is 0.583. The molecule has 0 bridgehead atoms. The van der Waals surface area contributed by atoms with Crippen LogP contribution in [0.1, 0.15) is 11.3 Å². The Balaban J connectivity index is 1.67. The lowest BCUT2D eigenvalue weighted by Gasteiger charge is -2.19. The first-order valence-electron chi connectivity index (χ1n) is 6.42. The van der Waals surface area contributed by atoms with E-state index in [9.17, 15) is 4.79 Å². The molecule has 0 aromatic carbocycles. The molecule has 0 N–H and O–H groups in total. The van der Waals surface area contributed by atoms with Crippen molar-refractivity contribution in [3.05, 3.63) is 20.7 Å². The van der Waals surface area contributed by atoms with Crippen molar-refractivity contribution in [1.82, 2.24) is 4.90 Å². The Labute approximate surface area is 119 Å². The molecule has 1 fully saturated rings. The summed E-state index contributed by atoms with van der Waals surface area (Å²) in [7, 11) is 0. The van der Waals surface area contributed by atoms with Gasteiger partial charge in [0.05, 0.1) is 11.4 Å². The van der Waals surface area contributed by atoms with Crippen LogP contribution in [-0.2, 0) is 11.3 Å². The number of amides is 1. The molecule has 20 heavy (non-hydrogen) atoms. The summed E-state index contributed by atoms with van der Waals surface area (Å²) in [6.45, 7) is 2.66. The number of fused-ring (bicyclic) bond motifs is 1. The lowest BCUT2D eigenvalue weighted by atomic mass is 10.1. The summed E-state index contributed by atoms with van der Waals surface area (Å²) in [6.07, 6.45) is 0.448. The molecule has 1 aromatic heterocycles. The first kappa shape index (κ1) is 13.1. The van der Waals surface area contributed by atoms with Crippen LogP contribution in [0.4, 0.5) is 0 Å². The zero-order valence-electron chi connectivity index (χ0n) is 10.8. The summed E-state index contributed by atoms with van der Waals surface area (Å²) in [5.74, 6) is 1.76. The molecule has 2 aliphatic heterocycles. The zero-order chi connectivity index (χ0) is 13.9. The first-order valence-corrected chi connectivity index (χ1v) is 7.30. The highest BCUT2D eigenvalue weighted by Crippen LogP contribution is 2.40. The topological polar surface area (TPSA) is 87.5 Å². The number of hydrogen-bond donors (Lipinski definition) is 0. The summed E-state index contributed by atoms with van der Waals surface area (Å²) >= 11 is 1.55. The standard InChI is InChI=1S/C12H14N4O3S/c13-15-14-4-8-3-11(17)16(5-8)6-10-12-9(7-20-10)18-1-2-19-12/h7-8H,1-6H2. The van der Waals surface area contributed by atoms with Crippen LogP contribution in [0.25, 0.3) is 10.4 Å². The minimum Gasteiger partial charge on any atom is -0.485 e. The maximum absolute atomic E-state index is 12.0. The molecule has 1 saturated heterocycles. The van der Waals surface area contributed by atoms with Gasteiger partial charge in [-0.3, -0.25) is 4.79 Å². The normalized spacial score (nSPS) is 20.9.